The summed E-state index contributed by atoms with van der Waals surface area (Å²) in [5.74, 6) is 0. The Bertz CT molecular complexity index is 1520. The van der Waals surface area contributed by atoms with Crippen molar-refractivity contribution >= 4 is 10.9 Å². The van der Waals surface area contributed by atoms with Gasteiger partial charge in [0.1, 0.15) is 16.9 Å². The Hall–Kier alpha value is -4.57. The lowest BCUT2D eigenvalue weighted by Gasteiger charge is -2.10. The van der Waals surface area contributed by atoms with Crippen LogP contribution < -0.4 is 0 Å². The van der Waals surface area contributed by atoms with E-state index in [-0.39, 0.29) is 0 Å². The van der Waals surface area contributed by atoms with Gasteiger partial charge in [0.05, 0.1) is 16.8 Å². The topological polar surface area (TPSA) is 43.6 Å². The molecule has 6 rings (SSSR count). The molecular formula is C29H20N4. The summed E-state index contributed by atoms with van der Waals surface area (Å²) in [7, 11) is 0. The predicted molar refractivity (Wildman–Crippen MR) is 133 cm³/mol. The van der Waals surface area contributed by atoms with Crippen LogP contribution in [0.2, 0.25) is 0 Å². The summed E-state index contributed by atoms with van der Waals surface area (Å²) < 4.78 is 2.02. The zero-order chi connectivity index (χ0) is 22.0. The molecule has 2 aromatic heterocycles. The first-order valence-corrected chi connectivity index (χ1v) is 10.9. The zero-order valence-electron chi connectivity index (χ0n) is 17.8. The van der Waals surface area contributed by atoms with E-state index in [1.165, 1.54) is 0 Å². The second-order valence-electron chi connectivity index (χ2n) is 7.81. The Labute approximate surface area is 191 Å². The second-order valence-corrected chi connectivity index (χ2v) is 7.81. The Morgan fingerprint density at radius 1 is 0.455 bits per heavy atom. The molecule has 2 heterocycles. The lowest BCUT2D eigenvalue weighted by atomic mass is 10.0. The van der Waals surface area contributed by atoms with Crippen molar-refractivity contribution in [1.82, 2.24) is 20.0 Å². The Morgan fingerprint density at radius 3 is 1.48 bits per heavy atom. The van der Waals surface area contributed by atoms with E-state index in [0.717, 1.165) is 50.4 Å². The molecule has 0 bridgehead atoms. The molecule has 0 atom stereocenters. The van der Waals surface area contributed by atoms with E-state index in [1.807, 2.05) is 65.3 Å². The van der Waals surface area contributed by atoms with E-state index in [1.54, 1.807) is 0 Å². The van der Waals surface area contributed by atoms with Gasteiger partial charge in [-0.1, -0.05) is 109 Å². The summed E-state index contributed by atoms with van der Waals surface area (Å²) in [4.78, 5) is 0. The third-order valence-electron chi connectivity index (χ3n) is 5.74. The maximum absolute atomic E-state index is 5.14. The van der Waals surface area contributed by atoms with E-state index >= 15 is 0 Å². The van der Waals surface area contributed by atoms with Crippen LogP contribution in [-0.2, 0) is 0 Å². The van der Waals surface area contributed by atoms with Crippen molar-refractivity contribution in [2.24, 2.45) is 0 Å². The fourth-order valence-electron chi connectivity index (χ4n) is 4.21. The molecule has 0 amide bonds. The number of fused-ring (bicyclic) bond motifs is 1. The van der Waals surface area contributed by atoms with Crippen molar-refractivity contribution in [3.05, 3.63) is 121 Å². The average molecular weight is 425 g/mol. The quantitative estimate of drug-likeness (QED) is 0.312. The SMILES string of the molecule is c1ccc(-c2nnc(-c3ccccc3)c3c(-c4ccccc4)n(-c4ccccc4)nc23)cc1. The minimum atomic E-state index is 0.775. The summed E-state index contributed by atoms with van der Waals surface area (Å²) >= 11 is 0. The van der Waals surface area contributed by atoms with Gasteiger partial charge in [0.15, 0.2) is 0 Å². The normalized spacial score (nSPS) is 11.0. The predicted octanol–water partition coefficient (Wildman–Crippen LogP) is 6.82. The van der Waals surface area contributed by atoms with Gasteiger partial charge in [0, 0.05) is 16.7 Å². The highest BCUT2D eigenvalue weighted by atomic mass is 15.3. The van der Waals surface area contributed by atoms with E-state index in [2.05, 4.69) is 65.8 Å². The van der Waals surface area contributed by atoms with Crippen LogP contribution in [0.3, 0.4) is 0 Å². The van der Waals surface area contributed by atoms with E-state index in [4.69, 9.17) is 10.2 Å². The largest absolute Gasteiger partial charge is 0.232 e. The number of benzene rings is 4. The molecule has 4 aromatic carbocycles. The number of para-hydroxylation sites is 1. The van der Waals surface area contributed by atoms with Gasteiger partial charge in [-0.25, -0.2) is 4.68 Å². The molecule has 0 N–H and O–H groups in total. The first kappa shape index (κ1) is 19.1. The number of hydrogen-bond acceptors (Lipinski definition) is 3. The summed E-state index contributed by atoms with van der Waals surface area (Å²) in [5.41, 5.74) is 7.51. The first-order chi connectivity index (χ1) is 16.4. The third-order valence-corrected chi connectivity index (χ3v) is 5.74. The molecule has 0 unspecified atom stereocenters. The molecule has 156 valence electrons. The third kappa shape index (κ3) is 3.38. The van der Waals surface area contributed by atoms with E-state index in [9.17, 15) is 0 Å². The van der Waals surface area contributed by atoms with Gasteiger partial charge in [-0.15, -0.1) is 10.2 Å². The minimum absolute atomic E-state index is 0.775. The van der Waals surface area contributed by atoms with Crippen LogP contribution in [0.4, 0.5) is 0 Å². The van der Waals surface area contributed by atoms with Crippen molar-refractivity contribution in [3.63, 3.8) is 0 Å². The smallest absolute Gasteiger partial charge is 0.124 e. The molecule has 4 heteroatoms. The van der Waals surface area contributed by atoms with Gasteiger partial charge in [-0.05, 0) is 12.1 Å². The van der Waals surface area contributed by atoms with Crippen LogP contribution >= 0.6 is 0 Å². The Kier molecular flexibility index (Phi) is 4.74. The van der Waals surface area contributed by atoms with E-state index in [0.29, 0.717) is 0 Å². The lowest BCUT2D eigenvalue weighted by molar-refractivity contribution is 0.903. The van der Waals surface area contributed by atoms with Crippen LogP contribution in [0, 0.1) is 0 Å². The van der Waals surface area contributed by atoms with Crippen LogP contribution in [0.15, 0.2) is 121 Å². The standard InChI is InChI=1S/C29H20N4/c1-5-13-21(14-6-1)26-25-28(27(31-30-26)22-15-7-2-8-16-22)32-33(24-19-11-4-12-20-24)29(25)23-17-9-3-10-18-23/h1-20H. The van der Waals surface area contributed by atoms with Crippen LogP contribution in [0.25, 0.3) is 50.4 Å². The van der Waals surface area contributed by atoms with Crippen molar-refractivity contribution in [2.75, 3.05) is 0 Å². The van der Waals surface area contributed by atoms with Crippen molar-refractivity contribution in [3.8, 4) is 39.5 Å². The monoisotopic (exact) mass is 424 g/mol. The zero-order valence-corrected chi connectivity index (χ0v) is 17.8. The van der Waals surface area contributed by atoms with Gasteiger partial charge in [0.2, 0.25) is 0 Å². The average Bonchev–Trinajstić information content (AvgIpc) is 3.31. The summed E-state index contributed by atoms with van der Waals surface area (Å²) in [6.45, 7) is 0. The highest BCUT2D eigenvalue weighted by Gasteiger charge is 2.23. The molecule has 0 spiro atoms. The van der Waals surface area contributed by atoms with Gasteiger partial charge in [0.25, 0.3) is 0 Å². The fourth-order valence-corrected chi connectivity index (χ4v) is 4.21. The highest BCUT2D eigenvalue weighted by Crippen LogP contribution is 2.39. The van der Waals surface area contributed by atoms with E-state index < -0.39 is 0 Å². The molecule has 0 aliphatic rings. The minimum Gasteiger partial charge on any atom is -0.232 e. The number of nitrogens with zero attached hydrogens (tertiary/aromatic N) is 4. The molecule has 0 saturated heterocycles. The maximum Gasteiger partial charge on any atom is 0.124 e. The Morgan fingerprint density at radius 2 is 0.909 bits per heavy atom. The number of aromatic nitrogens is 4. The van der Waals surface area contributed by atoms with Gasteiger partial charge >= 0.3 is 0 Å². The van der Waals surface area contributed by atoms with Crippen molar-refractivity contribution in [2.45, 2.75) is 0 Å². The molecule has 33 heavy (non-hydrogen) atoms. The van der Waals surface area contributed by atoms with Gasteiger partial charge in [-0.3, -0.25) is 0 Å². The second kappa shape index (κ2) is 8.17. The summed E-state index contributed by atoms with van der Waals surface area (Å²) in [6.07, 6.45) is 0. The molecule has 0 fully saturated rings. The molecular weight excluding hydrogens is 404 g/mol. The first-order valence-electron chi connectivity index (χ1n) is 10.9. The maximum atomic E-state index is 5.14. The summed E-state index contributed by atoms with van der Waals surface area (Å²) in [6, 6.07) is 40.9. The van der Waals surface area contributed by atoms with Crippen molar-refractivity contribution < 1.29 is 0 Å². The molecule has 4 nitrogen and oxygen atoms in total. The highest BCUT2D eigenvalue weighted by molar-refractivity contribution is 6.07. The molecule has 0 saturated carbocycles. The number of hydrogen-bond donors (Lipinski definition) is 0. The lowest BCUT2D eigenvalue weighted by Crippen LogP contribution is -1.98. The fraction of sp³-hybridized carbons (Fsp3) is 0. The van der Waals surface area contributed by atoms with Crippen LogP contribution in [0.1, 0.15) is 0 Å². The van der Waals surface area contributed by atoms with Crippen LogP contribution in [-0.4, -0.2) is 20.0 Å². The van der Waals surface area contributed by atoms with Crippen LogP contribution in [0.5, 0.6) is 0 Å². The van der Waals surface area contributed by atoms with Gasteiger partial charge < -0.3 is 0 Å². The number of rotatable bonds is 4. The Balaban J connectivity index is 1.78. The molecule has 0 aliphatic carbocycles. The molecule has 0 radical (unpaired) electrons. The van der Waals surface area contributed by atoms with Crippen molar-refractivity contribution in [1.29, 1.82) is 0 Å². The molecule has 0 aliphatic heterocycles. The van der Waals surface area contributed by atoms with Gasteiger partial charge in [-0.2, -0.15) is 5.10 Å². The molecule has 6 aromatic rings. The summed E-state index contributed by atoms with van der Waals surface area (Å²) in [5, 5.41) is 15.5.